The molecule has 19 nitrogen and oxygen atoms in total. The Morgan fingerprint density at radius 1 is 0.826 bits per heavy atom. The summed E-state index contributed by atoms with van der Waals surface area (Å²) < 4.78 is 12.6. The predicted molar refractivity (Wildman–Crippen MR) is 334 cm³/mol. The molecule has 6 aromatic rings. The molecular formula is C66H85N13O6S. The molecule has 6 aliphatic heterocycles. The van der Waals surface area contributed by atoms with Crippen molar-refractivity contribution in [2.75, 3.05) is 92.4 Å². The van der Waals surface area contributed by atoms with Crippen molar-refractivity contribution >= 4 is 46.2 Å². The highest BCUT2D eigenvalue weighted by Gasteiger charge is 2.48. The van der Waals surface area contributed by atoms with Crippen LogP contribution in [0.2, 0.25) is 0 Å². The third kappa shape index (κ3) is 12.2. The molecule has 2 aromatic carbocycles. The number of nitrogens with two attached hydrogens (primary N) is 1. The number of piperidine rings is 3. The summed E-state index contributed by atoms with van der Waals surface area (Å²) in [5.74, 6) is 2.70. The van der Waals surface area contributed by atoms with Crippen LogP contribution in [-0.4, -0.2) is 164 Å². The van der Waals surface area contributed by atoms with Crippen LogP contribution in [0.4, 0.5) is 23.0 Å². The molecule has 1 saturated carbocycles. The van der Waals surface area contributed by atoms with E-state index in [-0.39, 0.29) is 48.6 Å². The summed E-state index contributed by atoms with van der Waals surface area (Å²) in [6.45, 7) is 18.5. The number of phenolic OH excluding ortho intramolecular Hbond substituents is 1. The molecule has 7 aliphatic rings. The first-order valence-electron chi connectivity index (χ1n) is 31.7. The summed E-state index contributed by atoms with van der Waals surface area (Å²) >= 11 is 1.61. The number of ether oxygens (including phenoxy) is 1. The number of thiazole rings is 1. The lowest BCUT2D eigenvalue weighted by Gasteiger charge is -2.52. The number of β-amino-alcohol motifs (C(OH)–C–C–N with tert-alkyl or cyclic N) is 1. The Labute approximate surface area is 509 Å². The summed E-state index contributed by atoms with van der Waals surface area (Å²) in [7, 11) is 0. The topological polar surface area (TPSA) is 219 Å². The third-order valence-corrected chi connectivity index (χ3v) is 21.4. The van der Waals surface area contributed by atoms with Crippen molar-refractivity contribution in [1.82, 2.24) is 45.3 Å². The van der Waals surface area contributed by atoms with Gasteiger partial charge in [0.25, 0.3) is 0 Å². The van der Waals surface area contributed by atoms with Crippen molar-refractivity contribution in [3.63, 3.8) is 0 Å². The zero-order chi connectivity index (χ0) is 59.2. The number of piperazine rings is 1. The molecule has 2 bridgehead atoms. The van der Waals surface area contributed by atoms with E-state index in [9.17, 15) is 19.8 Å². The Morgan fingerprint density at radius 3 is 2.21 bits per heavy atom. The van der Waals surface area contributed by atoms with Crippen LogP contribution in [0.5, 0.6) is 11.6 Å². The van der Waals surface area contributed by atoms with Gasteiger partial charge in [-0.3, -0.25) is 9.59 Å². The van der Waals surface area contributed by atoms with E-state index in [1.54, 1.807) is 28.4 Å². The highest BCUT2D eigenvalue weighted by molar-refractivity contribution is 7.13. The first-order chi connectivity index (χ1) is 41.7. The smallest absolute Gasteiger partial charge is 0.243 e. The average Bonchev–Trinajstić information content (AvgIpc) is 1.91. The zero-order valence-electron chi connectivity index (χ0n) is 50.3. The van der Waals surface area contributed by atoms with Crippen LogP contribution in [0.25, 0.3) is 21.7 Å². The van der Waals surface area contributed by atoms with Gasteiger partial charge in [-0.05, 0) is 163 Å². The van der Waals surface area contributed by atoms with Gasteiger partial charge in [0.2, 0.25) is 17.7 Å². The molecule has 4 aromatic heterocycles. The molecule has 13 rings (SSSR count). The van der Waals surface area contributed by atoms with Gasteiger partial charge in [-0.2, -0.15) is 0 Å². The van der Waals surface area contributed by atoms with Crippen LogP contribution in [0.15, 0.2) is 89.0 Å². The van der Waals surface area contributed by atoms with E-state index in [1.807, 2.05) is 75.8 Å². The molecule has 0 radical (unpaired) electrons. The van der Waals surface area contributed by atoms with Gasteiger partial charge < -0.3 is 59.9 Å². The van der Waals surface area contributed by atoms with Crippen molar-refractivity contribution in [1.29, 1.82) is 0 Å². The standard InChI is InChI=1S/C66H85N13O6S/c1-41(2)61(65(83)78-39-51(80)30-56(78)64(82)70-42(3)46-9-11-47(12-10-46)62-43(4)69-40-86-62)58-32-59(73-85-58)76-25-18-45(19-26-76)35-74-23-16-44(17-24-74)36-75-27-20-66(21-28-75)33-52(34-66)84-60-29-48(15-22-68-60)79-49-13-14-50(79)38-77(37-49)55-31-54(71-72-63(55)67)53-7-5-6-8-57(53)81/h5-12,15,22,29,31-32,40-42,44-45,49-52,56,61,80-81H,13-14,16-21,23-28,30,33-39H2,1-4H3,(H2,67,72)(H,70,82)/t42-,49?,50?,51+,56-,61+/m0/s1. The van der Waals surface area contributed by atoms with Crippen LogP contribution in [0, 0.1) is 30.1 Å². The van der Waals surface area contributed by atoms with E-state index in [0.717, 1.165) is 116 Å². The summed E-state index contributed by atoms with van der Waals surface area (Å²) in [6, 6.07) is 23.1. The highest BCUT2D eigenvalue weighted by atomic mass is 32.1. The van der Waals surface area contributed by atoms with Gasteiger partial charge in [0.05, 0.1) is 39.6 Å². The molecule has 6 saturated heterocycles. The Bertz CT molecular complexity index is 3310. The van der Waals surface area contributed by atoms with E-state index in [4.69, 9.17) is 20.0 Å². The number of hydrogen-bond acceptors (Lipinski definition) is 18. The number of hydrogen-bond donors (Lipinski definition) is 4. The number of anilines is 4. The number of rotatable bonds is 17. The van der Waals surface area contributed by atoms with E-state index in [2.05, 4.69) is 74.4 Å². The van der Waals surface area contributed by atoms with Crippen LogP contribution >= 0.6 is 11.3 Å². The zero-order valence-corrected chi connectivity index (χ0v) is 51.2. The number of nitrogens with one attached hydrogen (secondary N) is 1. The second-order valence-corrected chi connectivity index (χ2v) is 27.4. The number of nitrogens with zero attached hydrogens (tertiary/aromatic N) is 11. The minimum absolute atomic E-state index is 0.0944. The summed E-state index contributed by atoms with van der Waals surface area (Å²) in [4.78, 5) is 52.7. The maximum atomic E-state index is 14.4. The number of para-hydroxylation sites is 1. The monoisotopic (exact) mass is 1190 g/mol. The number of phenols is 1. The average molecular weight is 1190 g/mol. The van der Waals surface area contributed by atoms with Crippen LogP contribution in [0.3, 0.4) is 0 Å². The number of aromatic nitrogens is 5. The fourth-order valence-electron chi connectivity index (χ4n) is 15.5. The van der Waals surface area contributed by atoms with E-state index in [1.165, 1.54) is 64.1 Å². The van der Waals surface area contributed by atoms with Crippen LogP contribution < -0.4 is 30.5 Å². The van der Waals surface area contributed by atoms with Gasteiger partial charge in [0.15, 0.2) is 17.4 Å². The van der Waals surface area contributed by atoms with Crippen molar-refractivity contribution in [3.8, 4) is 33.3 Å². The number of carbonyl (C=O) groups is 2. The molecule has 2 amide bonds. The largest absolute Gasteiger partial charge is 0.507 e. The van der Waals surface area contributed by atoms with Crippen LogP contribution in [-0.2, 0) is 9.59 Å². The van der Waals surface area contributed by atoms with E-state index >= 15 is 0 Å². The molecule has 1 aliphatic carbocycles. The second-order valence-electron chi connectivity index (χ2n) is 26.5. The van der Waals surface area contributed by atoms with Crippen LogP contribution in [0.1, 0.15) is 120 Å². The van der Waals surface area contributed by atoms with Gasteiger partial charge in [0.1, 0.15) is 23.8 Å². The van der Waals surface area contributed by atoms with Gasteiger partial charge in [0, 0.05) is 93.9 Å². The molecule has 2 unspecified atom stereocenters. The fraction of sp³-hybridized carbons (Fsp3) is 0.561. The van der Waals surface area contributed by atoms with E-state index < -0.39 is 18.1 Å². The Kier molecular flexibility index (Phi) is 16.7. The van der Waals surface area contributed by atoms with Crippen molar-refractivity contribution in [2.24, 2.45) is 23.2 Å². The number of aliphatic hydroxyl groups excluding tert-OH is 1. The minimum Gasteiger partial charge on any atom is -0.507 e. The maximum absolute atomic E-state index is 14.4. The molecule has 20 heteroatoms. The molecule has 456 valence electrons. The van der Waals surface area contributed by atoms with Gasteiger partial charge >= 0.3 is 0 Å². The number of likely N-dealkylation sites (tertiary alicyclic amines) is 3. The lowest BCUT2D eigenvalue weighted by molar-refractivity contribution is -0.141. The summed E-state index contributed by atoms with van der Waals surface area (Å²) in [6.07, 6.45) is 13.1. The molecule has 6 atom stereocenters. The number of aromatic hydroxyl groups is 1. The molecule has 1 spiro atoms. The van der Waals surface area contributed by atoms with Crippen molar-refractivity contribution in [2.45, 2.75) is 141 Å². The lowest BCUT2D eigenvalue weighted by atomic mass is 9.61. The molecule has 5 N–H and O–H groups in total. The van der Waals surface area contributed by atoms with Crippen molar-refractivity contribution in [3.05, 3.63) is 102 Å². The van der Waals surface area contributed by atoms with Crippen molar-refractivity contribution < 1.29 is 29.1 Å². The van der Waals surface area contributed by atoms with Gasteiger partial charge in [-0.1, -0.05) is 55.4 Å². The third-order valence-electron chi connectivity index (χ3n) is 20.4. The Morgan fingerprint density at radius 2 is 1.52 bits per heavy atom. The first kappa shape index (κ1) is 58.2. The van der Waals surface area contributed by atoms with Gasteiger partial charge in [-0.25, -0.2) is 9.97 Å². The number of aryl methyl sites for hydroxylation is 1. The number of carbonyl (C=O) groups excluding carboxylic acids is 2. The summed E-state index contributed by atoms with van der Waals surface area (Å²) in [5, 5.41) is 37.6. The quantitative estimate of drug-likeness (QED) is 0.0670. The molecule has 7 fully saturated rings. The maximum Gasteiger partial charge on any atom is 0.243 e. The number of nitrogen functional groups attached to an aromatic ring is 1. The molecular weight excluding hydrogens is 1100 g/mol. The normalized spacial score (nSPS) is 23.9. The number of benzene rings is 2. The Hall–Kier alpha value is -6.87. The minimum atomic E-state index is -0.794. The first-order valence-corrected chi connectivity index (χ1v) is 32.6. The van der Waals surface area contributed by atoms with Gasteiger partial charge in [-0.15, -0.1) is 21.5 Å². The number of amides is 2. The molecule has 86 heavy (non-hydrogen) atoms. The fourth-order valence-corrected chi connectivity index (χ4v) is 16.3. The number of fused-ring (bicyclic) bond motifs is 2. The number of pyridine rings is 1. The Balaban J connectivity index is 0.521. The highest BCUT2D eigenvalue weighted by Crippen LogP contribution is 2.51. The predicted octanol–water partition coefficient (Wildman–Crippen LogP) is 8.93. The summed E-state index contributed by atoms with van der Waals surface area (Å²) in [5.41, 5.74) is 15.0. The van der Waals surface area contributed by atoms with E-state index in [0.29, 0.717) is 46.3 Å². The molecule has 10 heterocycles. The number of aliphatic hydroxyl groups is 1. The lowest BCUT2D eigenvalue weighted by Crippen LogP contribution is -2.54. The SMILES string of the molecule is Cc1ncsc1-c1ccc([C@H](C)NC(=O)[C@@H]2C[C@@H](O)CN2C(=O)[C@@H](c2cc(N3CCC(CN4CCC(CN5CCC6(CC5)CC(Oc5cc(N7C8CCC7CN(c7cc(-c9ccccc9O)nnc7N)C8)ccn5)C6)CC4)CC3)no2)C(C)C)cc1. The second kappa shape index (κ2) is 24.7.